The minimum atomic E-state index is -0.706. The summed E-state index contributed by atoms with van der Waals surface area (Å²) in [6, 6.07) is 14.7. The van der Waals surface area contributed by atoms with E-state index in [2.05, 4.69) is 63.6 Å². The third-order valence-electron chi connectivity index (χ3n) is 13.0. The van der Waals surface area contributed by atoms with Crippen LogP contribution in [0, 0.1) is 11.8 Å². The van der Waals surface area contributed by atoms with E-state index in [9.17, 15) is 19.2 Å². The standard InChI is InChI=1S/C47H58N8O8/c1-4-7-35-39(51-43(49-35)38-9-6-23-55(38)45(57)41(53-47(59)61-3)34-20-26-63-27-21-34)32-16-12-30(13-17-32)29-10-14-31(15-11-29)36-28-48-42(50-36)37-8-5-22-54(37)44(56)40(52-46(58)60-2)33-18-24-62-25-19-33/h4,10-17,28,33-34,37-38,40-41H,1,5-9,18-27H2,2-3H3,(H,48,50)(H,49,51)(H,52,58)(H,53,59)/t37-,38-,40-,41?/m0/s1. The van der Waals surface area contributed by atoms with Crippen LogP contribution < -0.4 is 10.6 Å². The number of aromatic nitrogens is 4. The van der Waals surface area contributed by atoms with Crippen molar-refractivity contribution in [1.82, 2.24) is 40.4 Å². The van der Waals surface area contributed by atoms with E-state index in [-0.39, 0.29) is 35.7 Å². The zero-order valence-corrected chi connectivity index (χ0v) is 36.1. The predicted octanol–water partition coefficient (Wildman–Crippen LogP) is 6.49. The quantitative estimate of drug-likeness (QED) is 0.108. The number of nitrogens with one attached hydrogen (secondary N) is 4. The molecule has 0 saturated carbocycles. The molecular formula is C47H58N8O8. The molecule has 0 bridgehead atoms. The number of benzene rings is 2. The van der Waals surface area contributed by atoms with E-state index in [1.807, 2.05) is 34.2 Å². The smallest absolute Gasteiger partial charge is 0.407 e. The number of rotatable bonds is 13. The highest BCUT2D eigenvalue weighted by molar-refractivity contribution is 5.87. The molecule has 4 aliphatic rings. The molecule has 6 heterocycles. The number of carbonyl (C=O) groups is 4. The summed E-state index contributed by atoms with van der Waals surface area (Å²) >= 11 is 0. The number of carbonyl (C=O) groups excluding carboxylic acids is 4. The number of alkyl carbamates (subject to hydrolysis) is 2. The molecule has 4 fully saturated rings. The molecule has 4 aromatic rings. The molecule has 16 nitrogen and oxygen atoms in total. The van der Waals surface area contributed by atoms with Crippen molar-refractivity contribution in [2.45, 2.75) is 82.0 Å². The lowest BCUT2D eigenvalue weighted by Gasteiger charge is -2.34. The summed E-state index contributed by atoms with van der Waals surface area (Å²) in [5.41, 5.74) is 6.52. The van der Waals surface area contributed by atoms with Crippen molar-refractivity contribution < 1.29 is 38.1 Å². The number of amides is 4. The lowest BCUT2D eigenvalue weighted by molar-refractivity contribution is -0.137. The Labute approximate surface area is 367 Å². The van der Waals surface area contributed by atoms with Gasteiger partial charge in [-0.2, -0.15) is 0 Å². The zero-order valence-electron chi connectivity index (χ0n) is 36.1. The predicted molar refractivity (Wildman–Crippen MR) is 234 cm³/mol. The Morgan fingerprint density at radius 1 is 0.714 bits per heavy atom. The number of imidazole rings is 2. The molecule has 4 saturated heterocycles. The molecule has 1 unspecified atom stereocenters. The molecule has 0 spiro atoms. The second-order valence-electron chi connectivity index (χ2n) is 16.8. The van der Waals surface area contributed by atoms with E-state index in [1.54, 1.807) is 0 Å². The Bertz CT molecular complexity index is 2230. The van der Waals surface area contributed by atoms with Gasteiger partial charge in [0.1, 0.15) is 23.7 Å². The van der Waals surface area contributed by atoms with Gasteiger partial charge in [-0.15, -0.1) is 6.58 Å². The topological polar surface area (TPSA) is 193 Å². The van der Waals surface area contributed by atoms with Crippen LogP contribution in [0.1, 0.15) is 80.8 Å². The summed E-state index contributed by atoms with van der Waals surface area (Å²) in [4.78, 5) is 73.4. The maximum absolute atomic E-state index is 14.2. The van der Waals surface area contributed by atoms with E-state index >= 15 is 0 Å². The number of nitrogens with zero attached hydrogens (tertiary/aromatic N) is 4. The van der Waals surface area contributed by atoms with Crippen molar-refractivity contribution in [3.8, 4) is 33.6 Å². The van der Waals surface area contributed by atoms with Gasteiger partial charge in [0.25, 0.3) is 0 Å². The number of allylic oxidation sites excluding steroid dienone is 1. The molecule has 8 rings (SSSR count). The summed E-state index contributed by atoms with van der Waals surface area (Å²) in [7, 11) is 2.61. The second kappa shape index (κ2) is 20.0. The molecule has 4 amide bonds. The summed E-state index contributed by atoms with van der Waals surface area (Å²) in [5.74, 6) is 1.12. The van der Waals surface area contributed by atoms with Crippen LogP contribution in [0.15, 0.2) is 67.4 Å². The minimum absolute atomic E-state index is 0.0333. The Morgan fingerprint density at radius 3 is 1.68 bits per heavy atom. The van der Waals surface area contributed by atoms with Crippen molar-refractivity contribution in [3.63, 3.8) is 0 Å². The van der Waals surface area contributed by atoms with Crippen LogP contribution >= 0.6 is 0 Å². The molecule has 2 aromatic heterocycles. The van der Waals surface area contributed by atoms with Crippen LogP contribution in [0.2, 0.25) is 0 Å². The van der Waals surface area contributed by atoms with Crippen LogP contribution in [0.4, 0.5) is 9.59 Å². The normalized spacial score (nSPS) is 20.5. The number of hydrogen-bond donors (Lipinski definition) is 4. The molecular weight excluding hydrogens is 805 g/mol. The van der Waals surface area contributed by atoms with Gasteiger partial charge in [0.05, 0.1) is 43.4 Å². The van der Waals surface area contributed by atoms with E-state index in [0.29, 0.717) is 71.6 Å². The highest BCUT2D eigenvalue weighted by atomic mass is 16.5. The second-order valence-corrected chi connectivity index (χ2v) is 16.8. The van der Waals surface area contributed by atoms with Crippen LogP contribution in [0.25, 0.3) is 33.6 Å². The monoisotopic (exact) mass is 862 g/mol. The first kappa shape index (κ1) is 43.6. The first-order valence-electron chi connectivity index (χ1n) is 22.2. The van der Waals surface area contributed by atoms with Crippen LogP contribution in [-0.2, 0) is 35.0 Å². The van der Waals surface area contributed by atoms with Crippen molar-refractivity contribution in [1.29, 1.82) is 0 Å². The molecule has 4 N–H and O–H groups in total. The molecule has 0 aliphatic carbocycles. The Morgan fingerprint density at radius 2 is 1.19 bits per heavy atom. The van der Waals surface area contributed by atoms with Gasteiger partial charge >= 0.3 is 12.2 Å². The fraction of sp³-hybridized carbons (Fsp3) is 0.489. The third-order valence-corrected chi connectivity index (χ3v) is 13.0. The van der Waals surface area contributed by atoms with Gasteiger partial charge in [-0.05, 0) is 79.9 Å². The van der Waals surface area contributed by atoms with Crippen LogP contribution in [-0.4, -0.2) is 120 Å². The van der Waals surface area contributed by atoms with Gasteiger partial charge in [0.15, 0.2) is 0 Å². The number of methoxy groups -OCH3 is 2. The summed E-state index contributed by atoms with van der Waals surface area (Å²) in [6.07, 6.45) is 8.96. The molecule has 0 radical (unpaired) electrons. The maximum Gasteiger partial charge on any atom is 0.407 e. The molecule has 16 heteroatoms. The van der Waals surface area contributed by atoms with Gasteiger partial charge in [-0.25, -0.2) is 19.6 Å². The van der Waals surface area contributed by atoms with E-state index in [4.69, 9.17) is 28.9 Å². The van der Waals surface area contributed by atoms with E-state index < -0.39 is 24.3 Å². The largest absolute Gasteiger partial charge is 0.453 e. The highest BCUT2D eigenvalue weighted by Gasteiger charge is 2.42. The average molecular weight is 863 g/mol. The van der Waals surface area contributed by atoms with Crippen LogP contribution in [0.5, 0.6) is 0 Å². The SMILES string of the molecule is C=CCc1nc([C@@H]2CCCN2C(=O)C(NC(=O)OC)C2CCOCC2)[nH]c1-c1ccc(-c2ccc(-c3c[nH]c([C@@H]4CCCN4C(=O)[C@@H](NC(=O)OC)C4CCOCC4)n3)cc2)cc1. The summed E-state index contributed by atoms with van der Waals surface area (Å²) in [6.45, 7) is 7.34. The molecule has 2 aromatic carbocycles. The fourth-order valence-corrected chi connectivity index (χ4v) is 9.65. The van der Waals surface area contributed by atoms with E-state index in [1.165, 1.54) is 14.2 Å². The van der Waals surface area contributed by atoms with Gasteiger partial charge in [0, 0.05) is 57.7 Å². The zero-order chi connectivity index (χ0) is 43.9. The number of likely N-dealkylation sites (tertiary alicyclic amines) is 2. The van der Waals surface area contributed by atoms with Crippen molar-refractivity contribution >= 4 is 24.0 Å². The third kappa shape index (κ3) is 9.66. The number of aromatic amines is 2. The number of ether oxygens (including phenoxy) is 4. The minimum Gasteiger partial charge on any atom is -0.453 e. The van der Waals surface area contributed by atoms with Crippen LogP contribution in [0.3, 0.4) is 0 Å². The Kier molecular flexibility index (Phi) is 13.9. The first-order valence-corrected chi connectivity index (χ1v) is 22.2. The summed E-state index contributed by atoms with van der Waals surface area (Å²) in [5, 5.41) is 5.64. The highest BCUT2D eigenvalue weighted by Crippen LogP contribution is 2.37. The average Bonchev–Trinajstić information content (AvgIpc) is 4.18. The number of hydrogen-bond acceptors (Lipinski definition) is 10. The van der Waals surface area contributed by atoms with Gasteiger partial charge < -0.3 is 49.3 Å². The molecule has 334 valence electrons. The van der Waals surface area contributed by atoms with E-state index in [0.717, 1.165) is 76.7 Å². The fourth-order valence-electron chi connectivity index (χ4n) is 9.65. The van der Waals surface area contributed by atoms with Gasteiger partial charge in [-0.3, -0.25) is 9.59 Å². The Balaban J connectivity index is 0.952. The Hall–Kier alpha value is -6.00. The number of H-pyrrole nitrogens is 2. The molecule has 4 aliphatic heterocycles. The first-order chi connectivity index (χ1) is 30.8. The van der Waals surface area contributed by atoms with Gasteiger partial charge in [-0.1, -0.05) is 54.6 Å². The van der Waals surface area contributed by atoms with Crippen molar-refractivity contribution in [3.05, 3.63) is 84.7 Å². The van der Waals surface area contributed by atoms with Crippen molar-refractivity contribution in [2.75, 3.05) is 53.7 Å². The molecule has 63 heavy (non-hydrogen) atoms. The lowest BCUT2D eigenvalue weighted by Crippen LogP contribution is -2.53. The maximum atomic E-state index is 14.2. The molecule has 4 atom stereocenters. The van der Waals surface area contributed by atoms with Gasteiger partial charge in [0.2, 0.25) is 11.8 Å². The summed E-state index contributed by atoms with van der Waals surface area (Å²) < 4.78 is 20.8. The van der Waals surface area contributed by atoms with Crippen molar-refractivity contribution in [2.24, 2.45) is 11.8 Å². The lowest BCUT2D eigenvalue weighted by atomic mass is 9.90.